The molecule has 5 heteroatoms. The second kappa shape index (κ2) is 7.09. The van der Waals surface area contributed by atoms with E-state index in [0.717, 1.165) is 0 Å². The molecule has 1 rings (SSSR count). The van der Waals surface area contributed by atoms with Gasteiger partial charge in [-0.2, -0.15) is 0 Å². The van der Waals surface area contributed by atoms with Gasteiger partial charge in [0.25, 0.3) is 0 Å². The molecule has 0 spiro atoms. The van der Waals surface area contributed by atoms with Gasteiger partial charge in [-0.1, -0.05) is 0 Å². The van der Waals surface area contributed by atoms with Crippen molar-refractivity contribution in [2.75, 3.05) is 19.7 Å². The number of aromatic nitrogens is 2. The fourth-order valence-corrected chi connectivity index (χ4v) is 1.57. The Morgan fingerprint density at radius 2 is 2.18 bits per heavy atom. The number of ketones is 1. The van der Waals surface area contributed by atoms with Crippen molar-refractivity contribution in [1.29, 1.82) is 0 Å². The molecule has 0 aliphatic heterocycles. The minimum atomic E-state index is -0.0123. The van der Waals surface area contributed by atoms with Gasteiger partial charge in [0.05, 0.1) is 12.8 Å². The highest BCUT2D eigenvalue weighted by Crippen LogP contribution is 2.03. The average molecular weight is 237 g/mol. The van der Waals surface area contributed by atoms with Gasteiger partial charge in [0.1, 0.15) is 5.69 Å². The van der Waals surface area contributed by atoms with Crippen molar-refractivity contribution < 1.29 is 9.90 Å². The number of nitrogens with zero attached hydrogens (tertiary/aromatic N) is 3. The number of aliphatic hydroxyl groups excluding tert-OH is 1. The molecule has 0 atom stereocenters. The van der Waals surface area contributed by atoms with Crippen molar-refractivity contribution in [1.82, 2.24) is 14.9 Å². The number of hydrogen-bond donors (Lipinski definition) is 1. The minimum absolute atomic E-state index is 0.0123. The summed E-state index contributed by atoms with van der Waals surface area (Å²) in [5, 5.41) is 8.92. The predicted octanol–water partition coefficient (Wildman–Crippen LogP) is 0.752. The van der Waals surface area contributed by atoms with E-state index in [-0.39, 0.29) is 12.4 Å². The van der Waals surface area contributed by atoms with Gasteiger partial charge in [0.2, 0.25) is 0 Å². The molecule has 1 aromatic rings. The van der Waals surface area contributed by atoms with E-state index in [0.29, 0.717) is 31.2 Å². The molecule has 1 heterocycles. The Balaban J connectivity index is 2.47. The maximum Gasteiger partial charge on any atom is 0.184 e. The van der Waals surface area contributed by atoms with Crippen LogP contribution in [0.3, 0.4) is 0 Å². The van der Waals surface area contributed by atoms with Crippen LogP contribution in [0.1, 0.15) is 30.8 Å². The zero-order chi connectivity index (χ0) is 12.7. The number of carbonyl (C=O) groups excluding carboxylic acids is 1. The molecule has 17 heavy (non-hydrogen) atoms. The van der Waals surface area contributed by atoms with E-state index in [1.807, 2.05) is 13.8 Å². The first-order valence-corrected chi connectivity index (χ1v) is 5.79. The van der Waals surface area contributed by atoms with E-state index in [4.69, 9.17) is 5.11 Å². The molecule has 0 aromatic carbocycles. The highest BCUT2D eigenvalue weighted by atomic mass is 16.3. The Bertz CT molecular complexity index is 341. The molecule has 1 N–H and O–H groups in total. The van der Waals surface area contributed by atoms with Crippen LogP contribution in [0, 0.1) is 0 Å². The number of rotatable bonds is 7. The highest BCUT2D eigenvalue weighted by molar-refractivity contribution is 5.93. The highest BCUT2D eigenvalue weighted by Gasteiger charge is 2.12. The van der Waals surface area contributed by atoms with E-state index in [2.05, 4.69) is 14.9 Å². The van der Waals surface area contributed by atoms with Crippen LogP contribution in [-0.4, -0.2) is 51.5 Å². The van der Waals surface area contributed by atoms with Crippen LogP contribution in [0.2, 0.25) is 0 Å². The molecule has 0 bridgehead atoms. The van der Waals surface area contributed by atoms with Gasteiger partial charge in [-0.25, -0.2) is 4.98 Å². The number of aliphatic hydroxyl groups is 1. The molecular weight excluding hydrogens is 218 g/mol. The first-order valence-electron chi connectivity index (χ1n) is 5.79. The second-order valence-electron chi connectivity index (χ2n) is 4.12. The summed E-state index contributed by atoms with van der Waals surface area (Å²) in [6.45, 7) is 5.42. The van der Waals surface area contributed by atoms with Crippen LogP contribution >= 0.6 is 0 Å². The van der Waals surface area contributed by atoms with Crippen LogP contribution in [0.4, 0.5) is 0 Å². The maximum absolute atomic E-state index is 11.8. The third-order valence-corrected chi connectivity index (χ3v) is 2.59. The Hall–Kier alpha value is -1.33. The van der Waals surface area contributed by atoms with Crippen LogP contribution < -0.4 is 0 Å². The van der Waals surface area contributed by atoms with Crippen molar-refractivity contribution in [3.05, 3.63) is 24.3 Å². The van der Waals surface area contributed by atoms with Gasteiger partial charge < -0.3 is 5.11 Å². The van der Waals surface area contributed by atoms with Crippen molar-refractivity contribution in [3.63, 3.8) is 0 Å². The average Bonchev–Trinajstić information content (AvgIpc) is 2.34. The van der Waals surface area contributed by atoms with Gasteiger partial charge in [-0.15, -0.1) is 0 Å². The molecule has 0 fully saturated rings. The summed E-state index contributed by atoms with van der Waals surface area (Å²) in [4.78, 5) is 21.7. The fourth-order valence-electron chi connectivity index (χ4n) is 1.57. The van der Waals surface area contributed by atoms with Gasteiger partial charge >= 0.3 is 0 Å². The third kappa shape index (κ3) is 4.58. The van der Waals surface area contributed by atoms with E-state index >= 15 is 0 Å². The standard InChI is InChI=1S/C12H19N3O2/c1-10(2)15(7-8-16)6-3-12(17)11-9-13-4-5-14-11/h4-5,9-10,16H,3,6-8H2,1-2H3. The minimum Gasteiger partial charge on any atom is -0.395 e. The summed E-state index contributed by atoms with van der Waals surface area (Å²) < 4.78 is 0. The molecule has 94 valence electrons. The monoisotopic (exact) mass is 237 g/mol. The summed E-state index contributed by atoms with van der Waals surface area (Å²) in [7, 11) is 0. The zero-order valence-corrected chi connectivity index (χ0v) is 10.3. The summed E-state index contributed by atoms with van der Waals surface area (Å²) in [5.41, 5.74) is 0.403. The van der Waals surface area contributed by atoms with Crippen molar-refractivity contribution in [3.8, 4) is 0 Å². The largest absolute Gasteiger partial charge is 0.395 e. The molecule has 0 saturated heterocycles. The van der Waals surface area contributed by atoms with E-state index in [9.17, 15) is 4.79 Å². The lowest BCUT2D eigenvalue weighted by atomic mass is 10.2. The molecule has 0 saturated carbocycles. The fraction of sp³-hybridized carbons (Fsp3) is 0.583. The molecule has 0 unspecified atom stereocenters. The molecule has 5 nitrogen and oxygen atoms in total. The Morgan fingerprint density at radius 1 is 1.41 bits per heavy atom. The summed E-state index contributed by atoms with van der Waals surface area (Å²) in [6, 6.07) is 0.316. The summed E-state index contributed by atoms with van der Waals surface area (Å²) in [5.74, 6) is -0.0123. The quantitative estimate of drug-likeness (QED) is 0.709. The van der Waals surface area contributed by atoms with E-state index in [1.165, 1.54) is 12.4 Å². The third-order valence-electron chi connectivity index (χ3n) is 2.59. The molecule has 0 aliphatic carbocycles. The molecule has 1 aromatic heterocycles. The molecule has 0 aliphatic rings. The van der Waals surface area contributed by atoms with Crippen LogP contribution in [-0.2, 0) is 0 Å². The Kier molecular flexibility index (Phi) is 5.72. The second-order valence-corrected chi connectivity index (χ2v) is 4.12. The van der Waals surface area contributed by atoms with Gasteiger partial charge in [0.15, 0.2) is 5.78 Å². The van der Waals surface area contributed by atoms with Gasteiger partial charge in [0, 0.05) is 37.9 Å². The normalized spacial score (nSPS) is 11.1. The molecule has 0 radical (unpaired) electrons. The topological polar surface area (TPSA) is 66.3 Å². The first kappa shape index (κ1) is 13.7. The smallest absolute Gasteiger partial charge is 0.184 e. The van der Waals surface area contributed by atoms with Crippen LogP contribution in [0.25, 0.3) is 0 Å². The molecular formula is C12H19N3O2. The summed E-state index contributed by atoms with van der Waals surface area (Å²) in [6.07, 6.45) is 4.94. The lowest BCUT2D eigenvalue weighted by molar-refractivity contribution is 0.0938. The van der Waals surface area contributed by atoms with Crippen molar-refractivity contribution in [2.45, 2.75) is 26.3 Å². The Labute approximate surface area is 102 Å². The van der Waals surface area contributed by atoms with Crippen LogP contribution in [0.15, 0.2) is 18.6 Å². The zero-order valence-electron chi connectivity index (χ0n) is 10.3. The van der Waals surface area contributed by atoms with Gasteiger partial charge in [-0.05, 0) is 13.8 Å². The summed E-state index contributed by atoms with van der Waals surface area (Å²) >= 11 is 0. The van der Waals surface area contributed by atoms with Crippen molar-refractivity contribution in [2.24, 2.45) is 0 Å². The lowest BCUT2D eigenvalue weighted by Gasteiger charge is -2.24. The molecule has 0 amide bonds. The lowest BCUT2D eigenvalue weighted by Crippen LogP contribution is -2.35. The number of Topliss-reactive ketones (excluding diaryl/α,β-unsaturated/α-hetero) is 1. The Morgan fingerprint density at radius 3 is 2.71 bits per heavy atom. The van der Waals surface area contributed by atoms with Crippen molar-refractivity contribution >= 4 is 5.78 Å². The van der Waals surface area contributed by atoms with E-state index in [1.54, 1.807) is 6.20 Å². The SMILES string of the molecule is CC(C)N(CCO)CCC(=O)c1cnccn1. The predicted molar refractivity (Wildman–Crippen MR) is 64.8 cm³/mol. The first-order chi connectivity index (χ1) is 8.15. The number of hydrogen-bond acceptors (Lipinski definition) is 5. The van der Waals surface area contributed by atoms with Crippen LogP contribution in [0.5, 0.6) is 0 Å². The maximum atomic E-state index is 11.8. The van der Waals surface area contributed by atoms with Gasteiger partial charge in [-0.3, -0.25) is 14.7 Å². The number of carbonyl (C=O) groups is 1. The van der Waals surface area contributed by atoms with E-state index < -0.39 is 0 Å².